The number of carbonyl (C=O) groups is 1. The van der Waals surface area contributed by atoms with Crippen molar-refractivity contribution in [3.8, 4) is 0 Å². The van der Waals surface area contributed by atoms with Gasteiger partial charge in [0.15, 0.2) is 0 Å². The van der Waals surface area contributed by atoms with E-state index in [1.807, 2.05) is 30.3 Å². The van der Waals surface area contributed by atoms with Crippen molar-refractivity contribution in [2.45, 2.75) is 0 Å². The predicted molar refractivity (Wildman–Crippen MR) is 78.7 cm³/mol. The molecule has 0 saturated heterocycles. The predicted octanol–water partition coefficient (Wildman–Crippen LogP) is 2.38. The zero-order valence-corrected chi connectivity index (χ0v) is 12.0. The molecule has 0 saturated carbocycles. The van der Waals surface area contributed by atoms with E-state index in [1.165, 1.54) is 0 Å². The number of aromatic nitrogens is 1. The summed E-state index contributed by atoms with van der Waals surface area (Å²) in [6, 6.07) is 11.4. The van der Waals surface area contributed by atoms with Crippen LogP contribution in [-0.4, -0.2) is 36.0 Å². The summed E-state index contributed by atoms with van der Waals surface area (Å²) in [5.41, 5.74) is 1.25. The summed E-state index contributed by atoms with van der Waals surface area (Å²) >= 11 is 3.27. The van der Waals surface area contributed by atoms with E-state index in [0.717, 1.165) is 16.2 Å². The van der Waals surface area contributed by atoms with Gasteiger partial charge in [-0.3, -0.25) is 4.79 Å². The van der Waals surface area contributed by atoms with Gasteiger partial charge in [-0.25, -0.2) is 4.98 Å². The van der Waals surface area contributed by atoms with Crippen LogP contribution in [0.25, 0.3) is 10.9 Å². The van der Waals surface area contributed by atoms with Crippen molar-refractivity contribution < 1.29 is 9.53 Å². The van der Waals surface area contributed by atoms with Crippen molar-refractivity contribution in [1.82, 2.24) is 10.3 Å². The van der Waals surface area contributed by atoms with Gasteiger partial charge in [0.2, 0.25) is 0 Å². The zero-order chi connectivity index (χ0) is 13.5. The first-order valence-electron chi connectivity index (χ1n) is 6.09. The highest BCUT2D eigenvalue weighted by Gasteiger charge is 2.06. The Balaban J connectivity index is 1.93. The molecule has 100 valence electrons. The summed E-state index contributed by atoms with van der Waals surface area (Å²) in [6.07, 6.45) is 0. The Morgan fingerprint density at radius 3 is 2.89 bits per heavy atom. The number of halogens is 1. The molecule has 5 heteroatoms. The number of para-hydroxylation sites is 1. The lowest BCUT2D eigenvalue weighted by Gasteiger charge is -2.06. The number of alkyl halides is 1. The average molecular weight is 323 g/mol. The van der Waals surface area contributed by atoms with Crippen molar-refractivity contribution >= 4 is 32.7 Å². The highest BCUT2D eigenvalue weighted by Crippen LogP contribution is 2.11. The van der Waals surface area contributed by atoms with Gasteiger partial charge in [-0.05, 0) is 12.1 Å². The first-order chi connectivity index (χ1) is 9.31. The number of rotatable bonds is 6. The second-order valence-electron chi connectivity index (χ2n) is 3.95. The van der Waals surface area contributed by atoms with Gasteiger partial charge in [-0.2, -0.15) is 0 Å². The lowest BCUT2D eigenvalue weighted by Crippen LogP contribution is -2.28. The molecule has 0 aliphatic carbocycles. The molecule has 0 spiro atoms. The lowest BCUT2D eigenvalue weighted by molar-refractivity contribution is 0.0919. The Labute approximate surface area is 120 Å². The molecule has 0 unspecified atom stereocenters. The third-order valence-corrected chi connectivity index (χ3v) is 2.91. The highest BCUT2D eigenvalue weighted by molar-refractivity contribution is 9.09. The molecule has 19 heavy (non-hydrogen) atoms. The molecular formula is C14H15BrN2O2. The van der Waals surface area contributed by atoms with Crippen molar-refractivity contribution in [1.29, 1.82) is 0 Å². The minimum absolute atomic E-state index is 0.173. The SMILES string of the molecule is O=C(NCCOCCBr)c1ccc2ccccc2n1. The topological polar surface area (TPSA) is 51.2 Å². The van der Waals surface area contributed by atoms with Crippen LogP contribution < -0.4 is 5.32 Å². The Kier molecular flexibility index (Phi) is 5.30. The molecule has 0 aliphatic heterocycles. The van der Waals surface area contributed by atoms with Crippen LogP contribution in [0.4, 0.5) is 0 Å². The molecule has 0 bridgehead atoms. The number of amides is 1. The fourth-order valence-corrected chi connectivity index (χ4v) is 1.91. The number of pyridine rings is 1. The summed E-state index contributed by atoms with van der Waals surface area (Å²) in [5.74, 6) is -0.173. The highest BCUT2D eigenvalue weighted by atomic mass is 79.9. The summed E-state index contributed by atoms with van der Waals surface area (Å²) < 4.78 is 5.26. The monoisotopic (exact) mass is 322 g/mol. The van der Waals surface area contributed by atoms with Crippen LogP contribution in [0.5, 0.6) is 0 Å². The van der Waals surface area contributed by atoms with Gasteiger partial charge >= 0.3 is 0 Å². The molecular weight excluding hydrogens is 308 g/mol. The van der Waals surface area contributed by atoms with Gasteiger partial charge in [-0.1, -0.05) is 40.2 Å². The number of hydrogen-bond donors (Lipinski definition) is 1. The number of nitrogens with zero attached hydrogens (tertiary/aromatic N) is 1. The number of benzene rings is 1. The van der Waals surface area contributed by atoms with Crippen LogP contribution in [0.1, 0.15) is 10.5 Å². The fraction of sp³-hybridized carbons (Fsp3) is 0.286. The average Bonchev–Trinajstić information content (AvgIpc) is 2.46. The maximum atomic E-state index is 11.9. The summed E-state index contributed by atoms with van der Waals surface area (Å²) in [4.78, 5) is 16.2. The van der Waals surface area contributed by atoms with Gasteiger partial charge in [0.1, 0.15) is 5.69 Å². The first-order valence-corrected chi connectivity index (χ1v) is 7.21. The van der Waals surface area contributed by atoms with Crippen molar-refractivity contribution in [2.75, 3.05) is 25.1 Å². The Hall–Kier alpha value is -1.46. The normalized spacial score (nSPS) is 10.6. The largest absolute Gasteiger partial charge is 0.379 e. The van der Waals surface area contributed by atoms with Crippen LogP contribution in [0.2, 0.25) is 0 Å². The van der Waals surface area contributed by atoms with E-state index in [-0.39, 0.29) is 5.91 Å². The van der Waals surface area contributed by atoms with Gasteiger partial charge < -0.3 is 10.1 Å². The molecule has 0 radical (unpaired) electrons. The van der Waals surface area contributed by atoms with E-state index < -0.39 is 0 Å². The third-order valence-electron chi connectivity index (χ3n) is 2.58. The molecule has 1 aromatic heterocycles. The second-order valence-corrected chi connectivity index (χ2v) is 4.74. The van der Waals surface area contributed by atoms with Gasteiger partial charge in [0.05, 0.1) is 18.7 Å². The van der Waals surface area contributed by atoms with E-state index >= 15 is 0 Å². The van der Waals surface area contributed by atoms with Gasteiger partial charge in [0, 0.05) is 17.3 Å². The maximum absolute atomic E-state index is 11.9. The summed E-state index contributed by atoms with van der Waals surface area (Å²) in [5, 5.41) is 4.61. The van der Waals surface area contributed by atoms with Gasteiger partial charge in [0.25, 0.3) is 5.91 Å². The van der Waals surface area contributed by atoms with E-state index in [2.05, 4.69) is 26.2 Å². The van der Waals surface area contributed by atoms with Crippen molar-refractivity contribution in [2.24, 2.45) is 0 Å². The zero-order valence-electron chi connectivity index (χ0n) is 10.4. The fourth-order valence-electron chi connectivity index (χ4n) is 1.68. The molecule has 4 nitrogen and oxygen atoms in total. The second kappa shape index (κ2) is 7.21. The Morgan fingerprint density at radius 2 is 2.05 bits per heavy atom. The number of ether oxygens (including phenoxy) is 1. The van der Waals surface area contributed by atoms with E-state index in [9.17, 15) is 4.79 Å². The molecule has 0 fully saturated rings. The van der Waals surface area contributed by atoms with Gasteiger partial charge in [-0.15, -0.1) is 0 Å². The molecule has 2 rings (SSSR count). The molecule has 1 aromatic carbocycles. The minimum atomic E-state index is -0.173. The van der Waals surface area contributed by atoms with Crippen LogP contribution in [0, 0.1) is 0 Å². The summed E-state index contributed by atoms with van der Waals surface area (Å²) in [6.45, 7) is 1.63. The molecule has 0 aliphatic rings. The third kappa shape index (κ3) is 4.01. The summed E-state index contributed by atoms with van der Waals surface area (Å²) in [7, 11) is 0. The number of carbonyl (C=O) groups excluding carboxylic acids is 1. The number of hydrogen-bond acceptors (Lipinski definition) is 3. The van der Waals surface area contributed by atoms with E-state index in [0.29, 0.717) is 25.5 Å². The number of nitrogens with one attached hydrogen (secondary N) is 1. The molecule has 1 amide bonds. The van der Waals surface area contributed by atoms with E-state index in [1.54, 1.807) is 6.07 Å². The maximum Gasteiger partial charge on any atom is 0.269 e. The van der Waals surface area contributed by atoms with Crippen LogP contribution in [-0.2, 0) is 4.74 Å². The van der Waals surface area contributed by atoms with Crippen LogP contribution >= 0.6 is 15.9 Å². The smallest absolute Gasteiger partial charge is 0.269 e. The Bertz CT molecular complexity index is 560. The minimum Gasteiger partial charge on any atom is -0.379 e. The van der Waals surface area contributed by atoms with Crippen molar-refractivity contribution in [3.63, 3.8) is 0 Å². The van der Waals surface area contributed by atoms with Crippen LogP contribution in [0.3, 0.4) is 0 Å². The number of fused-ring (bicyclic) bond motifs is 1. The lowest BCUT2D eigenvalue weighted by atomic mass is 10.2. The van der Waals surface area contributed by atoms with E-state index in [4.69, 9.17) is 4.74 Å². The van der Waals surface area contributed by atoms with Crippen LogP contribution in [0.15, 0.2) is 36.4 Å². The molecule has 1 heterocycles. The molecule has 1 N–H and O–H groups in total. The molecule has 0 atom stereocenters. The Morgan fingerprint density at radius 1 is 1.21 bits per heavy atom. The first kappa shape index (κ1) is 14.0. The van der Waals surface area contributed by atoms with Crippen molar-refractivity contribution in [3.05, 3.63) is 42.1 Å². The molecule has 2 aromatic rings. The standard InChI is InChI=1S/C14H15BrN2O2/c15-7-9-19-10-8-16-14(18)13-6-5-11-3-1-2-4-12(11)17-13/h1-6H,7-10H2,(H,16,18). The quantitative estimate of drug-likeness (QED) is 0.656.